The SMILES string of the molecule is C=CCn1c(=NC(=O)c2cccc(SC(C)C)c2)sc2cc([N+](=O)[O-])ccc21. The second-order valence-electron chi connectivity index (χ2n) is 6.30. The van der Waals surface area contributed by atoms with E-state index in [1.165, 1.54) is 23.5 Å². The van der Waals surface area contributed by atoms with Gasteiger partial charge < -0.3 is 4.57 Å². The quantitative estimate of drug-likeness (QED) is 0.245. The molecule has 0 saturated carbocycles. The van der Waals surface area contributed by atoms with Crippen LogP contribution in [0.15, 0.2) is 65.0 Å². The van der Waals surface area contributed by atoms with Crippen LogP contribution in [-0.2, 0) is 6.54 Å². The van der Waals surface area contributed by atoms with Gasteiger partial charge in [0, 0.05) is 34.4 Å². The maximum absolute atomic E-state index is 12.7. The summed E-state index contributed by atoms with van der Waals surface area (Å²) in [5.74, 6) is -0.343. The van der Waals surface area contributed by atoms with Gasteiger partial charge in [0.2, 0.25) is 0 Å². The van der Waals surface area contributed by atoms with Gasteiger partial charge in [-0.25, -0.2) is 0 Å². The van der Waals surface area contributed by atoms with Crippen LogP contribution in [0.25, 0.3) is 10.2 Å². The summed E-state index contributed by atoms with van der Waals surface area (Å²) in [7, 11) is 0. The molecule has 1 aromatic heterocycles. The average Bonchev–Trinajstić information content (AvgIpc) is 2.98. The monoisotopic (exact) mass is 413 g/mol. The summed E-state index contributed by atoms with van der Waals surface area (Å²) in [4.78, 5) is 29.2. The van der Waals surface area contributed by atoms with Gasteiger partial charge in [0.05, 0.1) is 15.1 Å². The molecule has 0 aliphatic carbocycles. The Morgan fingerprint density at radius 2 is 2.14 bits per heavy atom. The Bertz CT molecular complexity index is 1130. The van der Waals surface area contributed by atoms with Crippen LogP contribution < -0.4 is 4.80 Å². The van der Waals surface area contributed by atoms with Crippen molar-refractivity contribution in [1.82, 2.24) is 4.57 Å². The Morgan fingerprint density at radius 1 is 1.36 bits per heavy atom. The van der Waals surface area contributed by atoms with Gasteiger partial charge in [0.1, 0.15) is 0 Å². The van der Waals surface area contributed by atoms with Gasteiger partial charge in [-0.2, -0.15) is 4.99 Å². The van der Waals surface area contributed by atoms with E-state index in [-0.39, 0.29) is 11.6 Å². The first-order valence-corrected chi connectivity index (χ1v) is 10.3. The minimum atomic E-state index is -0.434. The van der Waals surface area contributed by atoms with Crippen LogP contribution in [0, 0.1) is 10.1 Å². The zero-order valence-electron chi connectivity index (χ0n) is 15.5. The van der Waals surface area contributed by atoms with Crippen LogP contribution in [-0.4, -0.2) is 20.6 Å². The molecule has 2 aromatic carbocycles. The third kappa shape index (κ3) is 4.40. The van der Waals surface area contributed by atoms with E-state index < -0.39 is 4.92 Å². The van der Waals surface area contributed by atoms with E-state index in [1.54, 1.807) is 30.0 Å². The highest BCUT2D eigenvalue weighted by Gasteiger charge is 2.13. The number of hydrogen-bond acceptors (Lipinski definition) is 5. The number of nitro benzene ring substituents is 1. The maximum Gasteiger partial charge on any atom is 0.279 e. The first kappa shape index (κ1) is 20.0. The largest absolute Gasteiger partial charge is 0.312 e. The highest BCUT2D eigenvalue weighted by atomic mass is 32.2. The minimum Gasteiger partial charge on any atom is -0.312 e. The van der Waals surface area contributed by atoms with Crippen molar-refractivity contribution in [2.24, 2.45) is 4.99 Å². The summed E-state index contributed by atoms with van der Waals surface area (Å²) >= 11 is 2.93. The van der Waals surface area contributed by atoms with Crippen LogP contribution in [0.3, 0.4) is 0 Å². The van der Waals surface area contributed by atoms with Crippen LogP contribution >= 0.6 is 23.1 Å². The Hall–Kier alpha value is -2.71. The Kier molecular flexibility index (Phi) is 6.11. The van der Waals surface area contributed by atoms with Gasteiger partial charge in [0.15, 0.2) is 4.80 Å². The van der Waals surface area contributed by atoms with E-state index in [2.05, 4.69) is 25.4 Å². The molecule has 0 radical (unpaired) electrons. The van der Waals surface area contributed by atoms with Crippen molar-refractivity contribution in [1.29, 1.82) is 0 Å². The lowest BCUT2D eigenvalue weighted by molar-refractivity contribution is -0.384. The van der Waals surface area contributed by atoms with Crippen LogP contribution in [0.2, 0.25) is 0 Å². The lowest BCUT2D eigenvalue weighted by atomic mass is 10.2. The zero-order valence-corrected chi connectivity index (χ0v) is 17.1. The van der Waals surface area contributed by atoms with E-state index in [9.17, 15) is 14.9 Å². The molecule has 6 nitrogen and oxygen atoms in total. The summed E-state index contributed by atoms with van der Waals surface area (Å²) < 4.78 is 2.54. The smallest absolute Gasteiger partial charge is 0.279 e. The fraction of sp³-hybridized carbons (Fsp3) is 0.200. The first-order valence-electron chi connectivity index (χ1n) is 8.63. The molecule has 1 amide bonds. The van der Waals surface area contributed by atoms with Gasteiger partial charge in [0.25, 0.3) is 11.6 Å². The van der Waals surface area contributed by atoms with Crippen molar-refractivity contribution >= 4 is 44.9 Å². The van der Waals surface area contributed by atoms with E-state index in [4.69, 9.17) is 0 Å². The van der Waals surface area contributed by atoms with Crippen molar-refractivity contribution in [3.05, 3.63) is 75.6 Å². The fourth-order valence-electron chi connectivity index (χ4n) is 2.69. The number of carbonyl (C=O) groups is 1. The first-order chi connectivity index (χ1) is 13.4. The molecule has 0 aliphatic rings. The molecular weight excluding hydrogens is 394 g/mol. The van der Waals surface area contributed by atoms with Gasteiger partial charge >= 0.3 is 0 Å². The molecule has 28 heavy (non-hydrogen) atoms. The second kappa shape index (κ2) is 8.53. The topological polar surface area (TPSA) is 77.5 Å². The minimum absolute atomic E-state index is 0.00999. The lowest BCUT2D eigenvalue weighted by Gasteiger charge is -2.05. The normalized spacial score (nSPS) is 11.9. The highest BCUT2D eigenvalue weighted by Crippen LogP contribution is 2.25. The number of allylic oxidation sites excluding steroid dienone is 1. The molecule has 0 saturated heterocycles. The summed E-state index contributed by atoms with van der Waals surface area (Å²) in [6.45, 7) is 8.39. The number of amides is 1. The van der Waals surface area contributed by atoms with Gasteiger partial charge in [-0.05, 0) is 24.3 Å². The summed E-state index contributed by atoms with van der Waals surface area (Å²) in [5, 5.41) is 11.5. The molecular formula is C20H19N3O3S2. The number of thiazole rings is 1. The second-order valence-corrected chi connectivity index (χ2v) is 8.96. The molecule has 0 spiro atoms. The predicted octanol–water partition coefficient (Wildman–Crippen LogP) is 5.04. The zero-order chi connectivity index (χ0) is 20.3. The lowest BCUT2D eigenvalue weighted by Crippen LogP contribution is -2.16. The van der Waals surface area contributed by atoms with Crippen LogP contribution in [0.5, 0.6) is 0 Å². The number of carbonyl (C=O) groups excluding carboxylic acids is 1. The average molecular weight is 414 g/mol. The molecule has 0 atom stereocenters. The van der Waals surface area contributed by atoms with Gasteiger partial charge in [-0.3, -0.25) is 14.9 Å². The van der Waals surface area contributed by atoms with Crippen LogP contribution in [0.1, 0.15) is 24.2 Å². The summed E-state index contributed by atoms with van der Waals surface area (Å²) in [6.07, 6.45) is 1.71. The molecule has 3 rings (SSSR count). The van der Waals surface area contributed by atoms with Crippen molar-refractivity contribution in [2.75, 3.05) is 0 Å². The molecule has 1 heterocycles. The number of thioether (sulfide) groups is 1. The number of non-ortho nitro benzene ring substituents is 1. The van der Waals surface area contributed by atoms with E-state index in [0.717, 1.165) is 10.4 Å². The number of benzene rings is 2. The molecule has 0 bridgehead atoms. The molecule has 0 unspecified atom stereocenters. The number of rotatable bonds is 6. The summed E-state index contributed by atoms with van der Waals surface area (Å²) in [5.41, 5.74) is 1.31. The van der Waals surface area contributed by atoms with Crippen molar-refractivity contribution in [3.63, 3.8) is 0 Å². The van der Waals surface area contributed by atoms with Gasteiger partial charge in [-0.15, -0.1) is 18.3 Å². The molecule has 144 valence electrons. The summed E-state index contributed by atoms with van der Waals surface area (Å²) in [6, 6.07) is 12.0. The number of fused-ring (bicyclic) bond motifs is 1. The molecule has 0 fully saturated rings. The predicted molar refractivity (Wildman–Crippen MR) is 114 cm³/mol. The number of nitro groups is 1. The third-order valence-electron chi connectivity index (χ3n) is 3.84. The Morgan fingerprint density at radius 3 is 2.82 bits per heavy atom. The number of aromatic nitrogens is 1. The standard InChI is InChI=1S/C20H19N3O3S2/c1-4-10-22-17-9-8-15(23(25)26)12-18(17)28-20(22)21-19(24)14-6-5-7-16(11-14)27-13(2)3/h4-9,11-13H,1,10H2,2-3H3. The van der Waals surface area contributed by atoms with Gasteiger partial charge in [-0.1, -0.05) is 37.3 Å². The number of nitrogens with zero attached hydrogens (tertiary/aromatic N) is 3. The van der Waals surface area contributed by atoms with Crippen LogP contribution in [0.4, 0.5) is 5.69 Å². The van der Waals surface area contributed by atoms with E-state index in [1.807, 2.05) is 22.8 Å². The van der Waals surface area contributed by atoms with Crippen molar-refractivity contribution in [3.8, 4) is 0 Å². The van der Waals surface area contributed by atoms with E-state index >= 15 is 0 Å². The number of hydrogen-bond donors (Lipinski definition) is 0. The molecule has 8 heteroatoms. The maximum atomic E-state index is 12.7. The molecule has 0 aliphatic heterocycles. The Balaban J connectivity index is 2.07. The third-order valence-corrected chi connectivity index (χ3v) is 5.88. The molecule has 3 aromatic rings. The van der Waals surface area contributed by atoms with Crippen molar-refractivity contribution in [2.45, 2.75) is 30.5 Å². The molecule has 0 N–H and O–H groups in total. The Labute approximate surface area is 170 Å². The fourth-order valence-corrected chi connectivity index (χ4v) is 4.66. The van der Waals surface area contributed by atoms with Crippen molar-refractivity contribution < 1.29 is 9.72 Å². The van der Waals surface area contributed by atoms with E-state index in [0.29, 0.717) is 26.9 Å². The highest BCUT2D eigenvalue weighted by molar-refractivity contribution is 7.99.